The summed E-state index contributed by atoms with van der Waals surface area (Å²) in [6.07, 6.45) is 7.30. The van der Waals surface area contributed by atoms with Gasteiger partial charge in [0.2, 0.25) is 11.7 Å². The van der Waals surface area contributed by atoms with Crippen LogP contribution in [0.4, 0.5) is 5.69 Å². The number of anilines is 1. The zero-order valence-corrected chi connectivity index (χ0v) is 17.8. The number of hydrogen-bond donors (Lipinski definition) is 1. The van der Waals surface area contributed by atoms with Gasteiger partial charge in [-0.1, -0.05) is 51.2 Å². The molecule has 7 heteroatoms. The average molecular weight is 418 g/mol. The maximum absolute atomic E-state index is 12.2. The van der Waals surface area contributed by atoms with E-state index in [1.54, 1.807) is 13.0 Å². The van der Waals surface area contributed by atoms with Crippen molar-refractivity contribution in [3.63, 3.8) is 0 Å². The molecule has 0 spiro atoms. The van der Waals surface area contributed by atoms with E-state index in [4.69, 9.17) is 14.2 Å². The lowest BCUT2D eigenvalue weighted by Crippen LogP contribution is -2.12. The number of nitrogens with one attached hydrogen (secondary N) is 1. The number of amides is 1. The molecule has 7 nitrogen and oxygen atoms in total. The van der Waals surface area contributed by atoms with Crippen molar-refractivity contribution < 1.29 is 28.6 Å². The van der Waals surface area contributed by atoms with Crippen LogP contribution < -0.4 is 5.32 Å². The molecule has 164 valence electrons. The highest BCUT2D eigenvalue weighted by molar-refractivity contribution is 6.22. The fraction of sp³-hybridized carbons (Fsp3) is 0.522. The first-order valence-electron chi connectivity index (χ1n) is 10.6. The molecule has 1 amide bonds. The van der Waals surface area contributed by atoms with Crippen molar-refractivity contribution in [1.29, 1.82) is 0 Å². The maximum atomic E-state index is 12.2. The second kappa shape index (κ2) is 12.7. The zero-order valence-electron chi connectivity index (χ0n) is 17.8. The van der Waals surface area contributed by atoms with Crippen molar-refractivity contribution in [3.8, 4) is 0 Å². The minimum atomic E-state index is -0.737. The van der Waals surface area contributed by atoms with Crippen molar-refractivity contribution >= 4 is 23.3 Å². The number of carbonyl (C=O) groups excluding carboxylic acids is 3. The summed E-state index contributed by atoms with van der Waals surface area (Å²) >= 11 is 0. The van der Waals surface area contributed by atoms with Crippen LogP contribution in [-0.2, 0) is 35.2 Å². The maximum Gasteiger partial charge on any atom is 0.349 e. The molecule has 1 aromatic rings. The van der Waals surface area contributed by atoms with Crippen LogP contribution in [0.5, 0.6) is 0 Å². The number of rotatable bonds is 13. The minimum Gasteiger partial charge on any atom is -0.465 e. The van der Waals surface area contributed by atoms with Crippen LogP contribution in [0.15, 0.2) is 35.8 Å². The Morgan fingerprint density at radius 1 is 1.07 bits per heavy atom. The van der Waals surface area contributed by atoms with Gasteiger partial charge in [-0.25, -0.2) is 4.79 Å². The van der Waals surface area contributed by atoms with Gasteiger partial charge in [0, 0.05) is 12.1 Å². The molecule has 1 aromatic carbocycles. The number of ether oxygens (including phenoxy) is 3. The first-order valence-corrected chi connectivity index (χ1v) is 10.6. The normalized spacial score (nSPS) is 15.0. The monoisotopic (exact) mass is 417 g/mol. The molecule has 0 unspecified atom stereocenters. The van der Waals surface area contributed by atoms with Crippen molar-refractivity contribution in [3.05, 3.63) is 41.3 Å². The molecule has 0 saturated carbocycles. The minimum absolute atomic E-state index is 0.0139. The lowest BCUT2D eigenvalue weighted by molar-refractivity contribution is -0.136. The van der Waals surface area contributed by atoms with Crippen LogP contribution >= 0.6 is 0 Å². The van der Waals surface area contributed by atoms with Gasteiger partial charge in [0.25, 0.3) is 5.95 Å². The molecular formula is C23H31NO6. The Labute approximate surface area is 177 Å². The highest BCUT2D eigenvalue weighted by Gasteiger charge is 2.34. The van der Waals surface area contributed by atoms with Gasteiger partial charge in [0.15, 0.2) is 12.2 Å². The van der Waals surface area contributed by atoms with E-state index in [0.717, 1.165) is 18.4 Å². The zero-order chi connectivity index (χ0) is 21.8. The van der Waals surface area contributed by atoms with E-state index in [0.29, 0.717) is 12.1 Å². The first-order chi connectivity index (χ1) is 14.5. The fourth-order valence-corrected chi connectivity index (χ4v) is 3.08. The summed E-state index contributed by atoms with van der Waals surface area (Å²) < 4.78 is 15.6. The van der Waals surface area contributed by atoms with Crippen LogP contribution in [0.25, 0.3) is 0 Å². The highest BCUT2D eigenvalue weighted by atomic mass is 16.7. The number of Topliss-reactive ketones (excluding diaryl/α,β-unsaturated/α-hetero) is 1. The Morgan fingerprint density at radius 2 is 1.83 bits per heavy atom. The molecule has 1 aliphatic heterocycles. The van der Waals surface area contributed by atoms with Crippen LogP contribution in [0.2, 0.25) is 0 Å². The molecule has 30 heavy (non-hydrogen) atoms. The van der Waals surface area contributed by atoms with Gasteiger partial charge in [-0.3, -0.25) is 9.59 Å². The number of benzene rings is 1. The van der Waals surface area contributed by atoms with Crippen LogP contribution in [0.1, 0.15) is 64.4 Å². The summed E-state index contributed by atoms with van der Waals surface area (Å²) in [6.45, 7) is 3.95. The van der Waals surface area contributed by atoms with Crippen LogP contribution in [-0.4, -0.2) is 30.9 Å². The number of hydrogen-bond acceptors (Lipinski definition) is 6. The molecule has 1 aliphatic rings. The molecule has 0 aromatic heterocycles. The summed E-state index contributed by atoms with van der Waals surface area (Å²) in [5, 5.41) is 2.90. The van der Waals surface area contributed by atoms with Crippen molar-refractivity contribution in [2.45, 2.75) is 65.4 Å². The average Bonchev–Trinajstić information content (AvgIpc) is 3.06. The number of carbonyl (C=O) groups is 3. The van der Waals surface area contributed by atoms with Gasteiger partial charge < -0.3 is 19.5 Å². The highest BCUT2D eigenvalue weighted by Crippen LogP contribution is 2.20. The summed E-state index contributed by atoms with van der Waals surface area (Å²) in [6, 6.07) is 7.23. The van der Waals surface area contributed by atoms with E-state index in [-0.39, 0.29) is 37.2 Å². The predicted molar refractivity (Wildman–Crippen MR) is 112 cm³/mol. The van der Waals surface area contributed by atoms with Gasteiger partial charge in [0.1, 0.15) is 6.61 Å². The lowest BCUT2D eigenvalue weighted by Gasteiger charge is -2.12. The van der Waals surface area contributed by atoms with E-state index < -0.39 is 11.8 Å². The van der Waals surface area contributed by atoms with Crippen molar-refractivity contribution in [2.75, 3.05) is 18.5 Å². The molecule has 0 atom stereocenters. The van der Waals surface area contributed by atoms with Gasteiger partial charge in [0.05, 0.1) is 6.61 Å². The number of esters is 1. The van der Waals surface area contributed by atoms with Crippen LogP contribution in [0.3, 0.4) is 0 Å². The Bertz CT molecular complexity index is 753. The van der Waals surface area contributed by atoms with E-state index >= 15 is 0 Å². The first kappa shape index (κ1) is 23.4. The third-order valence-corrected chi connectivity index (χ3v) is 4.63. The fourth-order valence-electron chi connectivity index (χ4n) is 3.08. The summed E-state index contributed by atoms with van der Waals surface area (Å²) in [5.41, 5.74) is 1.25. The second-order valence-electron chi connectivity index (χ2n) is 7.15. The second-order valence-corrected chi connectivity index (χ2v) is 7.15. The molecule has 1 heterocycles. The van der Waals surface area contributed by atoms with Crippen molar-refractivity contribution in [2.24, 2.45) is 0 Å². The van der Waals surface area contributed by atoms with Gasteiger partial charge in [-0.05, 0) is 31.0 Å². The SMILES string of the molecule is CCCCCCCCC(=O)Nc1cccc(COC(OCC)=C2C(=O)COC2=O)c1. The van der Waals surface area contributed by atoms with Gasteiger partial charge in [-0.2, -0.15) is 0 Å². The molecule has 1 fully saturated rings. The number of cyclic esters (lactones) is 1. The Morgan fingerprint density at radius 3 is 2.53 bits per heavy atom. The molecular weight excluding hydrogens is 386 g/mol. The van der Waals surface area contributed by atoms with Gasteiger partial charge in [-0.15, -0.1) is 0 Å². The van der Waals surface area contributed by atoms with E-state index in [1.807, 2.05) is 18.2 Å². The molecule has 0 bridgehead atoms. The lowest BCUT2D eigenvalue weighted by atomic mass is 10.1. The molecule has 2 rings (SSSR count). The van der Waals surface area contributed by atoms with E-state index in [1.165, 1.54) is 25.7 Å². The number of ketones is 1. The Balaban J connectivity index is 1.87. The summed E-state index contributed by atoms with van der Waals surface area (Å²) in [5.74, 6) is -1.33. The summed E-state index contributed by atoms with van der Waals surface area (Å²) in [4.78, 5) is 35.7. The topological polar surface area (TPSA) is 90.9 Å². The third-order valence-electron chi connectivity index (χ3n) is 4.63. The van der Waals surface area contributed by atoms with E-state index in [9.17, 15) is 14.4 Å². The molecule has 1 N–H and O–H groups in total. The standard InChI is InChI=1S/C23H31NO6/c1-3-5-6-7-8-9-13-20(26)24-18-12-10-11-17(14-18)15-30-23(28-4-2)21-19(25)16-29-22(21)27/h10-12,14H,3-9,13,15-16H2,1-2H3,(H,24,26). The largest absolute Gasteiger partial charge is 0.465 e. The predicted octanol–water partition coefficient (Wildman–Crippen LogP) is 4.27. The quantitative estimate of drug-likeness (QED) is 0.169. The summed E-state index contributed by atoms with van der Waals surface area (Å²) in [7, 11) is 0. The Hall–Kier alpha value is -2.83. The smallest absolute Gasteiger partial charge is 0.349 e. The molecule has 0 aliphatic carbocycles. The Kier molecular flexibility index (Phi) is 9.91. The number of unbranched alkanes of at least 4 members (excludes halogenated alkanes) is 5. The van der Waals surface area contributed by atoms with Crippen LogP contribution in [0, 0.1) is 0 Å². The van der Waals surface area contributed by atoms with E-state index in [2.05, 4.69) is 12.2 Å². The molecule has 1 saturated heterocycles. The third kappa shape index (κ3) is 7.54. The molecule has 0 radical (unpaired) electrons. The van der Waals surface area contributed by atoms with Crippen molar-refractivity contribution in [1.82, 2.24) is 0 Å². The van der Waals surface area contributed by atoms with Gasteiger partial charge >= 0.3 is 5.97 Å².